The molecule has 0 unspecified atom stereocenters. The smallest absolute Gasteiger partial charge is 0.166 e. The molecule has 1 aliphatic heterocycles. The van der Waals surface area contributed by atoms with Crippen molar-refractivity contribution in [3.05, 3.63) is 0 Å². The van der Waals surface area contributed by atoms with E-state index in [2.05, 4.69) is 0 Å². The van der Waals surface area contributed by atoms with Crippen LogP contribution in [0.2, 0.25) is 0 Å². The average molecular weight is 141 g/mol. The molecule has 56 valence electrons. The molecule has 0 aromatic rings. The lowest BCUT2D eigenvalue weighted by Gasteiger charge is -2.22. The van der Waals surface area contributed by atoms with Gasteiger partial charge in [-0.05, 0) is 19.3 Å². The van der Waals surface area contributed by atoms with E-state index in [0.29, 0.717) is 6.61 Å². The molecule has 0 saturated carbocycles. The van der Waals surface area contributed by atoms with E-state index in [4.69, 9.17) is 15.1 Å². The molecule has 0 aromatic heterocycles. The van der Waals surface area contributed by atoms with Crippen LogP contribution in [-0.4, -0.2) is 23.9 Å². The number of ether oxygens (including phenoxy) is 1. The van der Waals surface area contributed by atoms with Gasteiger partial charge in [0.25, 0.3) is 0 Å². The zero-order valence-electron chi connectivity index (χ0n) is 5.79. The summed E-state index contributed by atoms with van der Waals surface area (Å²) in [5.41, 5.74) is 0. The average Bonchev–Trinajstić information content (AvgIpc) is 2.05. The van der Waals surface area contributed by atoms with Crippen molar-refractivity contribution >= 4 is 0 Å². The van der Waals surface area contributed by atoms with Crippen LogP contribution in [0.5, 0.6) is 0 Å². The summed E-state index contributed by atoms with van der Waals surface area (Å²) < 4.78 is 5.16. The zero-order valence-corrected chi connectivity index (χ0v) is 5.79. The maximum absolute atomic E-state index is 9.00. The molecular weight excluding hydrogens is 130 g/mol. The van der Waals surface area contributed by atoms with Gasteiger partial charge < -0.3 is 9.84 Å². The normalized spacial score (nSPS) is 29.0. The summed E-state index contributed by atoms with van der Waals surface area (Å²) in [5.74, 6) is 0. The molecule has 1 saturated heterocycles. The second-order valence-corrected chi connectivity index (χ2v) is 2.48. The standard InChI is InChI=1S/C7H11NO2/c8-5-6(9)7-3-1-2-4-10-7/h6-7,9H,1-4H2/t6-,7+/m1/s1. The molecule has 3 nitrogen and oxygen atoms in total. The minimum Gasteiger partial charge on any atom is -0.375 e. The summed E-state index contributed by atoms with van der Waals surface area (Å²) in [6.07, 6.45) is 1.76. The Bertz CT molecular complexity index is 135. The van der Waals surface area contributed by atoms with E-state index < -0.39 is 6.10 Å². The Morgan fingerprint density at radius 3 is 2.90 bits per heavy atom. The first-order valence-electron chi connectivity index (χ1n) is 3.54. The van der Waals surface area contributed by atoms with Crippen molar-refractivity contribution < 1.29 is 9.84 Å². The van der Waals surface area contributed by atoms with Gasteiger partial charge in [0, 0.05) is 6.61 Å². The molecular formula is C7H11NO2. The highest BCUT2D eigenvalue weighted by Gasteiger charge is 2.21. The fourth-order valence-electron chi connectivity index (χ4n) is 1.10. The van der Waals surface area contributed by atoms with Gasteiger partial charge in [0.05, 0.1) is 12.2 Å². The Kier molecular flexibility index (Phi) is 2.67. The summed E-state index contributed by atoms with van der Waals surface area (Å²) in [7, 11) is 0. The van der Waals surface area contributed by atoms with Gasteiger partial charge >= 0.3 is 0 Å². The molecule has 0 radical (unpaired) electrons. The molecule has 1 rings (SSSR count). The number of hydrogen-bond donors (Lipinski definition) is 1. The largest absolute Gasteiger partial charge is 0.375 e. The predicted molar refractivity (Wildman–Crippen MR) is 35.2 cm³/mol. The molecule has 0 amide bonds. The Morgan fingerprint density at radius 1 is 1.60 bits per heavy atom. The molecule has 1 fully saturated rings. The van der Waals surface area contributed by atoms with Crippen LogP contribution in [0.3, 0.4) is 0 Å². The van der Waals surface area contributed by atoms with Crippen molar-refractivity contribution in [1.82, 2.24) is 0 Å². The number of aliphatic hydroxyl groups excluding tert-OH is 1. The van der Waals surface area contributed by atoms with Gasteiger partial charge in [0.2, 0.25) is 0 Å². The molecule has 0 bridgehead atoms. The highest BCUT2D eigenvalue weighted by molar-refractivity contribution is 4.89. The highest BCUT2D eigenvalue weighted by Crippen LogP contribution is 2.14. The van der Waals surface area contributed by atoms with Gasteiger partial charge in [-0.15, -0.1) is 0 Å². The summed E-state index contributed by atoms with van der Waals surface area (Å²) in [5, 5.41) is 17.3. The fourth-order valence-corrected chi connectivity index (χ4v) is 1.10. The van der Waals surface area contributed by atoms with Crippen LogP contribution in [0.4, 0.5) is 0 Å². The summed E-state index contributed by atoms with van der Waals surface area (Å²) >= 11 is 0. The number of hydrogen-bond acceptors (Lipinski definition) is 3. The van der Waals surface area contributed by atoms with Crippen molar-refractivity contribution in [2.24, 2.45) is 0 Å². The number of nitrogens with zero attached hydrogens (tertiary/aromatic N) is 1. The maximum Gasteiger partial charge on any atom is 0.166 e. The number of rotatable bonds is 1. The maximum atomic E-state index is 9.00. The molecule has 1 heterocycles. The molecule has 2 atom stereocenters. The molecule has 0 spiro atoms. The van der Waals surface area contributed by atoms with Crippen LogP contribution < -0.4 is 0 Å². The van der Waals surface area contributed by atoms with E-state index in [1.807, 2.05) is 0 Å². The van der Waals surface area contributed by atoms with Gasteiger partial charge in [-0.2, -0.15) is 5.26 Å². The lowest BCUT2D eigenvalue weighted by molar-refractivity contribution is -0.0414. The lowest BCUT2D eigenvalue weighted by atomic mass is 10.1. The highest BCUT2D eigenvalue weighted by atomic mass is 16.5. The van der Waals surface area contributed by atoms with Gasteiger partial charge in [-0.25, -0.2) is 0 Å². The van der Waals surface area contributed by atoms with Crippen LogP contribution in [0.15, 0.2) is 0 Å². The van der Waals surface area contributed by atoms with E-state index >= 15 is 0 Å². The van der Waals surface area contributed by atoms with Crippen molar-refractivity contribution in [1.29, 1.82) is 5.26 Å². The van der Waals surface area contributed by atoms with Gasteiger partial charge in [0.1, 0.15) is 0 Å². The zero-order chi connectivity index (χ0) is 7.40. The van der Waals surface area contributed by atoms with Crippen LogP contribution >= 0.6 is 0 Å². The minimum atomic E-state index is -0.930. The fraction of sp³-hybridized carbons (Fsp3) is 0.857. The number of aliphatic hydroxyl groups is 1. The Balaban J connectivity index is 2.33. The second-order valence-electron chi connectivity index (χ2n) is 2.48. The van der Waals surface area contributed by atoms with Gasteiger partial charge in [0.15, 0.2) is 6.10 Å². The molecule has 10 heavy (non-hydrogen) atoms. The SMILES string of the molecule is N#C[C@@H](O)[C@@H]1CCCCO1. The quantitative estimate of drug-likeness (QED) is 0.539. The van der Waals surface area contributed by atoms with Crippen LogP contribution in [-0.2, 0) is 4.74 Å². The van der Waals surface area contributed by atoms with E-state index in [9.17, 15) is 0 Å². The second kappa shape index (κ2) is 3.55. The first-order valence-corrected chi connectivity index (χ1v) is 3.54. The molecule has 0 aromatic carbocycles. The molecule has 1 N–H and O–H groups in total. The monoisotopic (exact) mass is 141 g/mol. The predicted octanol–water partition coefficient (Wildman–Crippen LogP) is 0.440. The van der Waals surface area contributed by atoms with Crippen LogP contribution in [0.25, 0.3) is 0 Å². The first kappa shape index (κ1) is 7.52. The molecule has 3 heteroatoms. The van der Waals surface area contributed by atoms with Gasteiger partial charge in [-0.1, -0.05) is 0 Å². The third-order valence-corrected chi connectivity index (χ3v) is 1.70. The Hall–Kier alpha value is -0.590. The third-order valence-electron chi connectivity index (χ3n) is 1.70. The van der Waals surface area contributed by atoms with Crippen molar-refractivity contribution in [2.75, 3.05) is 6.61 Å². The van der Waals surface area contributed by atoms with Crippen LogP contribution in [0.1, 0.15) is 19.3 Å². The van der Waals surface area contributed by atoms with Gasteiger partial charge in [-0.3, -0.25) is 0 Å². The minimum absolute atomic E-state index is 0.237. The van der Waals surface area contributed by atoms with Crippen molar-refractivity contribution in [2.45, 2.75) is 31.5 Å². The van der Waals surface area contributed by atoms with E-state index in [-0.39, 0.29) is 6.10 Å². The van der Waals surface area contributed by atoms with Crippen molar-refractivity contribution in [3.8, 4) is 6.07 Å². The van der Waals surface area contributed by atoms with E-state index in [1.165, 1.54) is 0 Å². The summed E-state index contributed by atoms with van der Waals surface area (Å²) in [4.78, 5) is 0. The molecule has 1 aliphatic rings. The van der Waals surface area contributed by atoms with Crippen LogP contribution in [0, 0.1) is 11.3 Å². The van der Waals surface area contributed by atoms with Crippen molar-refractivity contribution in [3.63, 3.8) is 0 Å². The van der Waals surface area contributed by atoms with E-state index in [0.717, 1.165) is 19.3 Å². The van der Waals surface area contributed by atoms with E-state index in [1.54, 1.807) is 6.07 Å². The Morgan fingerprint density at radius 2 is 2.40 bits per heavy atom. The molecule has 0 aliphatic carbocycles. The topological polar surface area (TPSA) is 53.2 Å². The number of nitriles is 1. The summed E-state index contributed by atoms with van der Waals surface area (Å²) in [6.45, 7) is 0.684. The lowest BCUT2D eigenvalue weighted by Crippen LogP contribution is -2.30. The Labute approximate surface area is 60.2 Å². The first-order chi connectivity index (χ1) is 4.84. The summed E-state index contributed by atoms with van der Waals surface area (Å²) in [6, 6.07) is 1.77. The third kappa shape index (κ3) is 1.69.